The number of hydrogen-bond donors (Lipinski definition) is 1. The third kappa shape index (κ3) is 4.74. The van der Waals surface area contributed by atoms with Crippen molar-refractivity contribution in [2.75, 3.05) is 33.3 Å². The van der Waals surface area contributed by atoms with Gasteiger partial charge in [-0.3, -0.25) is 9.59 Å². The molecule has 2 atom stereocenters. The zero-order valence-electron chi connectivity index (χ0n) is 16.1. The lowest BCUT2D eigenvalue weighted by molar-refractivity contribution is -0.140. The van der Waals surface area contributed by atoms with E-state index in [1.165, 1.54) is 0 Å². The highest BCUT2D eigenvalue weighted by Crippen LogP contribution is 2.33. The Balaban J connectivity index is 0.00000261. The summed E-state index contributed by atoms with van der Waals surface area (Å²) in [6, 6.07) is 7.18. The Kier molecular flexibility index (Phi) is 7.12. The van der Waals surface area contributed by atoms with E-state index in [1.54, 1.807) is 24.1 Å². The molecule has 0 radical (unpaired) electrons. The number of ether oxygens (including phenoxy) is 1. The van der Waals surface area contributed by atoms with Crippen molar-refractivity contribution in [1.82, 2.24) is 9.80 Å². The summed E-state index contributed by atoms with van der Waals surface area (Å²) in [5.41, 5.74) is 6.59. The minimum absolute atomic E-state index is 0. The lowest BCUT2D eigenvalue weighted by atomic mass is 9.74. The van der Waals surface area contributed by atoms with Crippen LogP contribution < -0.4 is 10.5 Å². The molecular weight excluding hydrogens is 366 g/mol. The molecule has 2 amide bonds. The first-order valence-electron chi connectivity index (χ1n) is 9.43. The summed E-state index contributed by atoms with van der Waals surface area (Å²) >= 11 is 0. The van der Waals surface area contributed by atoms with Crippen molar-refractivity contribution in [3.05, 3.63) is 29.8 Å². The highest BCUT2D eigenvalue weighted by atomic mass is 35.5. The average Bonchev–Trinajstić information content (AvgIpc) is 2.67. The van der Waals surface area contributed by atoms with Gasteiger partial charge in [0.2, 0.25) is 5.91 Å². The Morgan fingerprint density at radius 2 is 1.81 bits per heavy atom. The summed E-state index contributed by atoms with van der Waals surface area (Å²) in [7, 11) is 1.59. The summed E-state index contributed by atoms with van der Waals surface area (Å²) in [5.74, 6) is 0.710. The van der Waals surface area contributed by atoms with E-state index in [0.717, 1.165) is 25.7 Å². The van der Waals surface area contributed by atoms with Gasteiger partial charge in [0.1, 0.15) is 5.75 Å². The smallest absolute Gasteiger partial charge is 0.254 e. The number of nitrogens with zero attached hydrogens (tertiary/aromatic N) is 2. The van der Waals surface area contributed by atoms with Gasteiger partial charge in [-0.1, -0.05) is 18.9 Å². The molecule has 7 heteroatoms. The van der Waals surface area contributed by atoms with E-state index in [1.807, 2.05) is 24.0 Å². The molecule has 0 bridgehead atoms. The van der Waals surface area contributed by atoms with Gasteiger partial charge >= 0.3 is 0 Å². The number of piperazine rings is 1. The first-order valence-corrected chi connectivity index (χ1v) is 9.43. The van der Waals surface area contributed by atoms with Crippen LogP contribution in [0.2, 0.25) is 0 Å². The summed E-state index contributed by atoms with van der Waals surface area (Å²) in [5, 5.41) is 0. The molecule has 2 aliphatic rings. The van der Waals surface area contributed by atoms with E-state index in [-0.39, 0.29) is 30.1 Å². The van der Waals surface area contributed by atoms with Crippen LogP contribution in [-0.2, 0) is 4.79 Å². The zero-order chi connectivity index (χ0) is 18.7. The summed E-state index contributed by atoms with van der Waals surface area (Å²) < 4.78 is 5.19. The molecule has 150 valence electrons. The third-order valence-electron chi connectivity index (χ3n) is 5.75. The van der Waals surface area contributed by atoms with Gasteiger partial charge in [-0.2, -0.15) is 0 Å². The normalized spacial score (nSPS) is 25.5. The van der Waals surface area contributed by atoms with Gasteiger partial charge < -0.3 is 20.3 Å². The molecule has 1 saturated heterocycles. The monoisotopic (exact) mass is 395 g/mol. The highest BCUT2D eigenvalue weighted by molar-refractivity contribution is 5.94. The predicted octanol–water partition coefficient (Wildman–Crippen LogP) is 2.31. The number of rotatable bonds is 3. The zero-order valence-corrected chi connectivity index (χ0v) is 17.0. The fourth-order valence-electron chi connectivity index (χ4n) is 4.05. The summed E-state index contributed by atoms with van der Waals surface area (Å²) in [6.07, 6.45) is 3.93. The highest BCUT2D eigenvalue weighted by Gasteiger charge is 2.40. The summed E-state index contributed by atoms with van der Waals surface area (Å²) in [4.78, 5) is 29.3. The van der Waals surface area contributed by atoms with Gasteiger partial charge in [-0.15, -0.1) is 12.4 Å². The van der Waals surface area contributed by atoms with Gasteiger partial charge in [0, 0.05) is 37.3 Å². The van der Waals surface area contributed by atoms with Crippen molar-refractivity contribution in [3.8, 4) is 5.75 Å². The molecule has 1 aromatic carbocycles. The first kappa shape index (κ1) is 21.5. The molecule has 1 heterocycles. The fourth-order valence-corrected chi connectivity index (χ4v) is 4.05. The average molecular weight is 396 g/mol. The van der Waals surface area contributed by atoms with Crippen LogP contribution in [0.4, 0.5) is 0 Å². The number of halogens is 1. The minimum Gasteiger partial charge on any atom is -0.497 e. The molecule has 1 aliphatic heterocycles. The van der Waals surface area contributed by atoms with E-state index in [0.29, 0.717) is 37.5 Å². The lowest BCUT2D eigenvalue weighted by Crippen LogP contribution is -2.57. The molecule has 2 N–H and O–H groups in total. The number of carbonyl (C=O) groups excluding carboxylic acids is 2. The second kappa shape index (κ2) is 8.93. The van der Waals surface area contributed by atoms with Crippen molar-refractivity contribution < 1.29 is 14.3 Å². The number of nitrogens with two attached hydrogens (primary N) is 1. The fraction of sp³-hybridized carbons (Fsp3) is 0.600. The maximum atomic E-state index is 12.9. The summed E-state index contributed by atoms with van der Waals surface area (Å²) in [6.45, 7) is 4.24. The second-order valence-electron chi connectivity index (χ2n) is 7.65. The molecule has 6 nitrogen and oxygen atoms in total. The number of carbonyl (C=O) groups is 2. The standard InChI is InChI=1S/C20H29N3O3.ClH/c1-20(21)9-4-3-8-17(20)19(25)23-12-10-22(11-13-23)18(24)15-6-5-7-16(14-15)26-2;/h5-7,14,17H,3-4,8-13,21H2,1-2H3;1H. The van der Waals surface area contributed by atoms with Crippen LogP contribution in [0.25, 0.3) is 0 Å². The Hall–Kier alpha value is -1.79. The van der Waals surface area contributed by atoms with Crippen LogP contribution in [0, 0.1) is 5.92 Å². The van der Waals surface area contributed by atoms with Gasteiger partial charge in [-0.05, 0) is 38.0 Å². The van der Waals surface area contributed by atoms with E-state index in [2.05, 4.69) is 0 Å². The van der Waals surface area contributed by atoms with Crippen molar-refractivity contribution in [2.45, 2.75) is 38.1 Å². The van der Waals surface area contributed by atoms with Gasteiger partial charge in [0.25, 0.3) is 5.91 Å². The lowest BCUT2D eigenvalue weighted by Gasteiger charge is -2.42. The molecule has 2 fully saturated rings. The van der Waals surface area contributed by atoms with E-state index >= 15 is 0 Å². The van der Waals surface area contributed by atoms with E-state index in [9.17, 15) is 9.59 Å². The maximum absolute atomic E-state index is 12.9. The van der Waals surface area contributed by atoms with Crippen LogP contribution in [0.1, 0.15) is 43.0 Å². The SMILES string of the molecule is COc1cccc(C(=O)N2CCN(C(=O)C3CCCCC3(C)N)CC2)c1.Cl. The first-order chi connectivity index (χ1) is 12.4. The van der Waals surface area contributed by atoms with Crippen LogP contribution in [0.3, 0.4) is 0 Å². The van der Waals surface area contributed by atoms with Crippen molar-refractivity contribution in [2.24, 2.45) is 11.7 Å². The Morgan fingerprint density at radius 1 is 1.15 bits per heavy atom. The van der Waals surface area contributed by atoms with Crippen LogP contribution in [0.15, 0.2) is 24.3 Å². The quantitative estimate of drug-likeness (QED) is 0.852. The van der Waals surface area contributed by atoms with Crippen molar-refractivity contribution >= 4 is 24.2 Å². The Bertz CT molecular complexity index is 672. The Labute approximate surface area is 167 Å². The minimum atomic E-state index is -0.414. The molecule has 0 spiro atoms. The molecule has 2 unspecified atom stereocenters. The van der Waals surface area contributed by atoms with Crippen LogP contribution in [-0.4, -0.2) is 60.4 Å². The predicted molar refractivity (Wildman–Crippen MR) is 107 cm³/mol. The number of hydrogen-bond acceptors (Lipinski definition) is 4. The number of methoxy groups -OCH3 is 1. The van der Waals surface area contributed by atoms with E-state index < -0.39 is 5.54 Å². The molecular formula is C20H30ClN3O3. The maximum Gasteiger partial charge on any atom is 0.254 e. The van der Waals surface area contributed by atoms with E-state index in [4.69, 9.17) is 10.5 Å². The molecule has 0 aromatic heterocycles. The molecule has 1 aromatic rings. The molecule has 1 saturated carbocycles. The molecule has 3 rings (SSSR count). The van der Waals surface area contributed by atoms with Gasteiger partial charge in [-0.25, -0.2) is 0 Å². The second-order valence-corrected chi connectivity index (χ2v) is 7.65. The Morgan fingerprint density at radius 3 is 2.44 bits per heavy atom. The van der Waals surface area contributed by atoms with Crippen molar-refractivity contribution in [1.29, 1.82) is 0 Å². The molecule has 1 aliphatic carbocycles. The molecule has 27 heavy (non-hydrogen) atoms. The largest absolute Gasteiger partial charge is 0.497 e. The van der Waals surface area contributed by atoms with Crippen LogP contribution >= 0.6 is 12.4 Å². The number of benzene rings is 1. The van der Waals surface area contributed by atoms with Crippen LogP contribution in [0.5, 0.6) is 5.75 Å². The number of amides is 2. The van der Waals surface area contributed by atoms with Gasteiger partial charge in [0.05, 0.1) is 13.0 Å². The third-order valence-corrected chi connectivity index (χ3v) is 5.75. The van der Waals surface area contributed by atoms with Crippen molar-refractivity contribution in [3.63, 3.8) is 0 Å². The topological polar surface area (TPSA) is 75.9 Å². The van der Waals surface area contributed by atoms with Gasteiger partial charge in [0.15, 0.2) is 0 Å².